The zero-order chi connectivity index (χ0) is 15.0. The lowest BCUT2D eigenvalue weighted by Gasteiger charge is -2.27. The number of hydrogen-bond acceptors (Lipinski definition) is 4. The van der Waals surface area contributed by atoms with E-state index in [2.05, 4.69) is 5.32 Å². The van der Waals surface area contributed by atoms with E-state index in [4.69, 9.17) is 4.74 Å². The monoisotopic (exact) mass is 310 g/mol. The molecule has 1 amide bonds. The molecule has 21 heavy (non-hydrogen) atoms. The van der Waals surface area contributed by atoms with Crippen LogP contribution in [0.4, 0.5) is 5.69 Å². The highest BCUT2D eigenvalue weighted by Gasteiger charge is 2.29. The summed E-state index contributed by atoms with van der Waals surface area (Å²) >= 11 is 0. The first-order chi connectivity index (χ1) is 9.98. The molecule has 0 bridgehead atoms. The number of rotatable bonds is 2. The quantitative estimate of drug-likeness (QED) is 0.898. The van der Waals surface area contributed by atoms with Crippen LogP contribution in [0.3, 0.4) is 0 Å². The number of aryl methyl sites for hydroxylation is 1. The van der Waals surface area contributed by atoms with Crippen molar-refractivity contribution in [2.75, 3.05) is 25.0 Å². The number of anilines is 1. The highest BCUT2D eigenvalue weighted by atomic mass is 32.2. The summed E-state index contributed by atoms with van der Waals surface area (Å²) in [5.41, 5.74) is 1.06. The zero-order valence-corrected chi connectivity index (χ0v) is 12.7. The van der Waals surface area contributed by atoms with Gasteiger partial charge in [0.1, 0.15) is 5.75 Å². The maximum Gasteiger partial charge on any atom is 0.262 e. The number of carbonyl (C=O) groups excluding carboxylic acids is 1. The largest absolute Gasteiger partial charge is 0.482 e. The number of sulfonamides is 1. The molecule has 2 aliphatic heterocycles. The van der Waals surface area contributed by atoms with E-state index in [0.29, 0.717) is 30.1 Å². The Morgan fingerprint density at radius 1 is 1.19 bits per heavy atom. The van der Waals surface area contributed by atoms with Crippen molar-refractivity contribution in [2.24, 2.45) is 0 Å². The molecule has 0 saturated carbocycles. The van der Waals surface area contributed by atoms with Gasteiger partial charge in [-0.25, -0.2) is 8.42 Å². The summed E-state index contributed by atoms with van der Waals surface area (Å²) in [5.74, 6) is 0.248. The van der Waals surface area contributed by atoms with Gasteiger partial charge in [-0.3, -0.25) is 4.79 Å². The second kappa shape index (κ2) is 5.31. The van der Waals surface area contributed by atoms with E-state index in [0.717, 1.165) is 19.3 Å². The molecule has 0 radical (unpaired) electrons. The van der Waals surface area contributed by atoms with E-state index in [-0.39, 0.29) is 17.4 Å². The summed E-state index contributed by atoms with van der Waals surface area (Å²) < 4.78 is 32.3. The molecule has 2 aliphatic rings. The molecule has 114 valence electrons. The number of nitrogens with one attached hydrogen (secondary N) is 1. The summed E-state index contributed by atoms with van der Waals surface area (Å²) in [7, 11) is -3.52. The second-order valence-corrected chi connectivity index (χ2v) is 7.32. The molecule has 0 spiro atoms. The van der Waals surface area contributed by atoms with Gasteiger partial charge in [-0.1, -0.05) is 6.42 Å². The molecular formula is C14H18N2O4S. The van der Waals surface area contributed by atoms with Gasteiger partial charge < -0.3 is 10.1 Å². The van der Waals surface area contributed by atoms with Gasteiger partial charge in [-0.05, 0) is 37.5 Å². The Morgan fingerprint density at radius 2 is 1.90 bits per heavy atom. The number of nitrogens with zero attached hydrogens (tertiary/aromatic N) is 1. The minimum atomic E-state index is -3.52. The Morgan fingerprint density at radius 3 is 2.62 bits per heavy atom. The molecule has 0 unspecified atom stereocenters. The molecule has 0 aromatic heterocycles. The fourth-order valence-corrected chi connectivity index (χ4v) is 4.48. The van der Waals surface area contributed by atoms with Crippen LogP contribution in [0.2, 0.25) is 0 Å². The van der Waals surface area contributed by atoms with Crippen molar-refractivity contribution in [2.45, 2.75) is 31.1 Å². The van der Waals surface area contributed by atoms with Gasteiger partial charge >= 0.3 is 0 Å². The normalized spacial score (nSPS) is 19.6. The van der Waals surface area contributed by atoms with Gasteiger partial charge in [-0.15, -0.1) is 0 Å². The third-order valence-electron chi connectivity index (χ3n) is 3.84. The molecule has 0 aliphatic carbocycles. The highest BCUT2D eigenvalue weighted by molar-refractivity contribution is 7.89. The molecule has 6 nitrogen and oxygen atoms in total. The minimum Gasteiger partial charge on any atom is -0.482 e. The average Bonchev–Trinajstić information content (AvgIpc) is 2.48. The van der Waals surface area contributed by atoms with Crippen molar-refractivity contribution >= 4 is 21.6 Å². The highest BCUT2D eigenvalue weighted by Crippen LogP contribution is 2.34. The van der Waals surface area contributed by atoms with Crippen molar-refractivity contribution in [3.8, 4) is 5.75 Å². The zero-order valence-electron chi connectivity index (χ0n) is 11.9. The van der Waals surface area contributed by atoms with Gasteiger partial charge in [-0.2, -0.15) is 4.31 Å². The molecular weight excluding hydrogens is 292 g/mol. The Kier molecular flexibility index (Phi) is 3.62. The van der Waals surface area contributed by atoms with Crippen molar-refractivity contribution in [1.29, 1.82) is 0 Å². The summed E-state index contributed by atoms with van der Waals surface area (Å²) in [5, 5.41) is 2.66. The third kappa shape index (κ3) is 2.63. The minimum absolute atomic E-state index is 0.0370. The topological polar surface area (TPSA) is 75.7 Å². The van der Waals surface area contributed by atoms with Crippen molar-refractivity contribution in [3.63, 3.8) is 0 Å². The summed E-state index contributed by atoms with van der Waals surface area (Å²) in [6.45, 7) is 2.82. The number of ether oxygens (including phenoxy) is 1. The number of amides is 1. The maximum atomic E-state index is 12.7. The lowest BCUT2D eigenvalue weighted by atomic mass is 10.2. The first kappa shape index (κ1) is 14.3. The van der Waals surface area contributed by atoms with E-state index >= 15 is 0 Å². The lowest BCUT2D eigenvalue weighted by molar-refractivity contribution is -0.118. The Balaban J connectivity index is 2.01. The van der Waals surface area contributed by atoms with E-state index in [1.54, 1.807) is 13.0 Å². The molecule has 0 atom stereocenters. The smallest absolute Gasteiger partial charge is 0.262 e. The van der Waals surface area contributed by atoms with Crippen LogP contribution in [0.25, 0.3) is 0 Å². The summed E-state index contributed by atoms with van der Waals surface area (Å²) in [4.78, 5) is 11.6. The predicted octanol–water partition coefficient (Wildman–Crippen LogP) is 1.50. The van der Waals surface area contributed by atoms with Crippen LogP contribution in [0.15, 0.2) is 17.0 Å². The van der Waals surface area contributed by atoms with Gasteiger partial charge in [0.05, 0.1) is 10.6 Å². The Labute approximate surface area is 124 Å². The number of carbonyl (C=O) groups is 1. The number of benzene rings is 1. The van der Waals surface area contributed by atoms with Crippen LogP contribution in [0, 0.1) is 6.92 Å². The Bertz CT molecular complexity index is 678. The van der Waals surface area contributed by atoms with Crippen LogP contribution in [0.1, 0.15) is 24.8 Å². The number of fused-ring (bicyclic) bond motifs is 1. The van der Waals surface area contributed by atoms with Crippen molar-refractivity contribution in [1.82, 2.24) is 4.31 Å². The maximum absolute atomic E-state index is 12.7. The standard InChI is InChI=1S/C14H18N2O4S/c1-10-7-12-11(15-14(17)9-20-12)8-13(10)21(18,19)16-5-3-2-4-6-16/h7-8H,2-6,9H2,1H3,(H,15,17). The van der Waals surface area contributed by atoms with Crippen LogP contribution >= 0.6 is 0 Å². The predicted molar refractivity (Wildman–Crippen MR) is 77.9 cm³/mol. The molecule has 1 N–H and O–H groups in total. The molecule has 3 rings (SSSR count). The van der Waals surface area contributed by atoms with E-state index < -0.39 is 10.0 Å². The van der Waals surface area contributed by atoms with Crippen LogP contribution in [0.5, 0.6) is 5.75 Å². The lowest BCUT2D eigenvalue weighted by Crippen LogP contribution is -2.36. The summed E-state index contributed by atoms with van der Waals surface area (Å²) in [6.07, 6.45) is 2.85. The van der Waals surface area contributed by atoms with Gasteiger partial charge in [0.2, 0.25) is 10.0 Å². The third-order valence-corrected chi connectivity index (χ3v) is 5.88. The van der Waals surface area contributed by atoms with E-state index in [1.165, 1.54) is 10.4 Å². The fraction of sp³-hybridized carbons (Fsp3) is 0.500. The van der Waals surface area contributed by atoms with Crippen LogP contribution < -0.4 is 10.1 Å². The average molecular weight is 310 g/mol. The second-order valence-electron chi connectivity index (χ2n) is 5.42. The molecule has 7 heteroatoms. The van der Waals surface area contributed by atoms with Gasteiger partial charge in [0.15, 0.2) is 6.61 Å². The number of piperidine rings is 1. The van der Waals surface area contributed by atoms with E-state index in [1.807, 2.05) is 0 Å². The molecule has 1 saturated heterocycles. The Hall–Kier alpha value is -1.60. The first-order valence-corrected chi connectivity index (χ1v) is 8.50. The summed E-state index contributed by atoms with van der Waals surface area (Å²) in [6, 6.07) is 3.18. The first-order valence-electron chi connectivity index (χ1n) is 7.06. The molecule has 1 aromatic carbocycles. The van der Waals surface area contributed by atoms with Gasteiger partial charge in [0, 0.05) is 13.1 Å². The fourth-order valence-electron chi connectivity index (χ4n) is 2.73. The molecule has 1 aromatic rings. The molecule has 1 fully saturated rings. The van der Waals surface area contributed by atoms with Gasteiger partial charge in [0.25, 0.3) is 5.91 Å². The number of hydrogen-bond donors (Lipinski definition) is 1. The van der Waals surface area contributed by atoms with Crippen LogP contribution in [-0.2, 0) is 14.8 Å². The van der Waals surface area contributed by atoms with Crippen LogP contribution in [-0.4, -0.2) is 38.3 Å². The van der Waals surface area contributed by atoms with Crippen molar-refractivity contribution < 1.29 is 17.9 Å². The van der Waals surface area contributed by atoms with E-state index in [9.17, 15) is 13.2 Å². The van der Waals surface area contributed by atoms with Crippen molar-refractivity contribution in [3.05, 3.63) is 17.7 Å². The molecule has 2 heterocycles. The SMILES string of the molecule is Cc1cc2c(cc1S(=O)(=O)N1CCCCC1)NC(=O)CO2.